The standard InChI is InChI=1S/C25H30FNO3/c1-15(2)12-27(13-16(3)4)14-19-21(28)10-17(5)23-24(29)22(30-25(19)23)11-18-8-6-7-9-20(18)26/h6-11,15-16,28H,12-14H2,1-5H3/b22-11+. The first-order chi connectivity index (χ1) is 14.2. The summed E-state index contributed by atoms with van der Waals surface area (Å²) in [6.07, 6.45) is 1.43. The van der Waals surface area contributed by atoms with Crippen molar-refractivity contribution in [3.05, 3.63) is 64.2 Å². The summed E-state index contributed by atoms with van der Waals surface area (Å²) in [7, 11) is 0. The molecular weight excluding hydrogens is 381 g/mol. The Morgan fingerprint density at radius 3 is 2.37 bits per heavy atom. The first-order valence-corrected chi connectivity index (χ1v) is 10.4. The molecule has 0 radical (unpaired) electrons. The zero-order valence-corrected chi connectivity index (χ0v) is 18.3. The van der Waals surface area contributed by atoms with Gasteiger partial charge in [-0.05, 0) is 42.5 Å². The number of phenolic OH excluding ortho intramolecular Hbond substituents is 1. The lowest BCUT2D eigenvalue weighted by Crippen LogP contribution is -2.31. The average Bonchev–Trinajstić information content (AvgIpc) is 2.96. The molecular formula is C25H30FNO3. The number of fused-ring (bicyclic) bond motifs is 1. The topological polar surface area (TPSA) is 49.8 Å². The van der Waals surface area contributed by atoms with Crippen molar-refractivity contribution >= 4 is 11.9 Å². The van der Waals surface area contributed by atoms with Gasteiger partial charge in [-0.2, -0.15) is 0 Å². The predicted octanol–water partition coefficient (Wildman–Crippen LogP) is 5.57. The molecule has 0 amide bonds. The molecule has 0 unspecified atom stereocenters. The van der Waals surface area contributed by atoms with Gasteiger partial charge in [0.25, 0.3) is 0 Å². The number of aryl methyl sites for hydroxylation is 1. The highest BCUT2D eigenvalue weighted by Crippen LogP contribution is 2.42. The Bertz CT molecular complexity index is 969. The minimum atomic E-state index is -0.419. The Balaban J connectivity index is 2.00. The molecule has 1 N–H and O–H groups in total. The SMILES string of the molecule is Cc1cc(O)c(CN(CC(C)C)CC(C)C)c2c1C(=O)/C(=C\c1ccccc1F)O2. The Morgan fingerprint density at radius 2 is 1.77 bits per heavy atom. The lowest BCUT2D eigenvalue weighted by atomic mass is 9.98. The van der Waals surface area contributed by atoms with Gasteiger partial charge in [0.1, 0.15) is 17.3 Å². The van der Waals surface area contributed by atoms with Crippen LogP contribution in [0.3, 0.4) is 0 Å². The molecule has 0 saturated carbocycles. The number of hydrogen-bond acceptors (Lipinski definition) is 4. The zero-order valence-electron chi connectivity index (χ0n) is 18.3. The van der Waals surface area contributed by atoms with Crippen LogP contribution in [-0.4, -0.2) is 28.9 Å². The van der Waals surface area contributed by atoms with E-state index in [2.05, 4.69) is 32.6 Å². The number of ether oxygens (including phenoxy) is 1. The van der Waals surface area contributed by atoms with Gasteiger partial charge in [-0.15, -0.1) is 0 Å². The molecule has 3 rings (SSSR count). The smallest absolute Gasteiger partial charge is 0.232 e. The van der Waals surface area contributed by atoms with Crippen LogP contribution in [0.15, 0.2) is 36.1 Å². The maximum atomic E-state index is 14.1. The van der Waals surface area contributed by atoms with Gasteiger partial charge >= 0.3 is 0 Å². The second-order valence-corrected chi connectivity index (χ2v) is 8.84. The molecule has 1 heterocycles. The number of halogens is 1. The third-order valence-electron chi connectivity index (χ3n) is 5.04. The van der Waals surface area contributed by atoms with E-state index in [0.717, 1.165) is 13.1 Å². The summed E-state index contributed by atoms with van der Waals surface area (Å²) in [6, 6.07) is 7.86. The van der Waals surface area contributed by atoms with E-state index >= 15 is 0 Å². The van der Waals surface area contributed by atoms with E-state index in [-0.39, 0.29) is 17.3 Å². The van der Waals surface area contributed by atoms with Gasteiger partial charge in [0.2, 0.25) is 5.78 Å². The molecule has 0 aliphatic carbocycles. The molecule has 0 saturated heterocycles. The lowest BCUT2D eigenvalue weighted by molar-refractivity contribution is 0.101. The van der Waals surface area contributed by atoms with Crippen molar-refractivity contribution in [1.29, 1.82) is 0 Å². The molecule has 2 aromatic carbocycles. The molecule has 0 atom stereocenters. The Hall–Kier alpha value is -2.66. The lowest BCUT2D eigenvalue weighted by Gasteiger charge is -2.27. The van der Waals surface area contributed by atoms with Crippen LogP contribution in [0.4, 0.5) is 4.39 Å². The highest BCUT2D eigenvalue weighted by Gasteiger charge is 2.34. The van der Waals surface area contributed by atoms with Crippen molar-refractivity contribution in [2.75, 3.05) is 13.1 Å². The normalized spacial score (nSPS) is 14.8. The van der Waals surface area contributed by atoms with Crippen LogP contribution in [0, 0.1) is 24.6 Å². The monoisotopic (exact) mass is 411 g/mol. The number of phenols is 1. The summed E-state index contributed by atoms with van der Waals surface area (Å²) in [4.78, 5) is 15.3. The number of carbonyl (C=O) groups excluding carboxylic acids is 1. The van der Waals surface area contributed by atoms with Crippen LogP contribution in [0.5, 0.6) is 11.5 Å². The fourth-order valence-corrected chi connectivity index (χ4v) is 3.93. The van der Waals surface area contributed by atoms with Gasteiger partial charge in [0.15, 0.2) is 5.76 Å². The number of allylic oxidation sites excluding steroid dienone is 1. The fourth-order valence-electron chi connectivity index (χ4n) is 3.93. The van der Waals surface area contributed by atoms with Crippen molar-refractivity contribution in [1.82, 2.24) is 4.90 Å². The Labute approximate surface area is 178 Å². The number of nitrogens with zero attached hydrogens (tertiary/aromatic N) is 1. The third kappa shape index (κ3) is 4.73. The second kappa shape index (κ2) is 9.00. The van der Waals surface area contributed by atoms with Gasteiger partial charge in [0.05, 0.1) is 11.1 Å². The largest absolute Gasteiger partial charge is 0.507 e. The number of Topliss-reactive ketones (excluding diaryl/α,β-unsaturated/α-hetero) is 1. The number of rotatable bonds is 7. The van der Waals surface area contributed by atoms with Crippen molar-refractivity contribution in [2.45, 2.75) is 41.2 Å². The van der Waals surface area contributed by atoms with Crippen LogP contribution < -0.4 is 4.74 Å². The summed E-state index contributed by atoms with van der Waals surface area (Å²) >= 11 is 0. The minimum Gasteiger partial charge on any atom is -0.507 e. The zero-order chi connectivity index (χ0) is 22.0. The molecule has 0 bridgehead atoms. The minimum absolute atomic E-state index is 0.0734. The highest BCUT2D eigenvalue weighted by atomic mass is 19.1. The van der Waals surface area contributed by atoms with Crippen LogP contribution in [0.1, 0.15) is 54.7 Å². The summed E-state index contributed by atoms with van der Waals surface area (Å²) in [5.74, 6) is 0.793. The van der Waals surface area contributed by atoms with Crippen molar-refractivity contribution in [2.24, 2.45) is 11.8 Å². The van der Waals surface area contributed by atoms with Gasteiger partial charge in [-0.25, -0.2) is 4.39 Å². The van der Waals surface area contributed by atoms with Crippen LogP contribution in [-0.2, 0) is 6.54 Å². The number of hydrogen-bond donors (Lipinski definition) is 1. The first kappa shape index (κ1) is 22.0. The number of carbonyl (C=O) groups is 1. The van der Waals surface area contributed by atoms with E-state index in [0.29, 0.717) is 46.4 Å². The summed E-state index contributed by atoms with van der Waals surface area (Å²) in [6.45, 7) is 12.6. The second-order valence-electron chi connectivity index (χ2n) is 8.84. The molecule has 4 nitrogen and oxygen atoms in total. The van der Waals surface area contributed by atoms with Gasteiger partial charge in [-0.3, -0.25) is 9.69 Å². The summed E-state index contributed by atoms with van der Waals surface area (Å²) in [5, 5.41) is 10.7. The van der Waals surface area contributed by atoms with Crippen molar-refractivity contribution in [3.8, 4) is 11.5 Å². The van der Waals surface area contributed by atoms with Gasteiger partial charge < -0.3 is 9.84 Å². The number of benzene rings is 2. The van der Waals surface area contributed by atoms with E-state index in [1.807, 2.05) is 0 Å². The summed E-state index contributed by atoms with van der Waals surface area (Å²) < 4.78 is 20.0. The number of aromatic hydroxyl groups is 1. The molecule has 2 aromatic rings. The molecule has 160 valence electrons. The number of ketones is 1. The van der Waals surface area contributed by atoms with Crippen LogP contribution in [0.25, 0.3) is 6.08 Å². The van der Waals surface area contributed by atoms with Crippen LogP contribution in [0.2, 0.25) is 0 Å². The van der Waals surface area contributed by atoms with E-state index in [9.17, 15) is 14.3 Å². The molecule has 0 fully saturated rings. The molecule has 5 heteroatoms. The van der Waals surface area contributed by atoms with E-state index < -0.39 is 5.82 Å². The first-order valence-electron chi connectivity index (χ1n) is 10.4. The van der Waals surface area contributed by atoms with Crippen LogP contribution >= 0.6 is 0 Å². The fraction of sp³-hybridized carbons (Fsp3) is 0.400. The quantitative estimate of drug-likeness (QED) is 0.605. The maximum absolute atomic E-state index is 14.1. The van der Waals surface area contributed by atoms with Crippen molar-refractivity contribution < 1.29 is 19.0 Å². The maximum Gasteiger partial charge on any atom is 0.232 e. The van der Waals surface area contributed by atoms with Gasteiger partial charge in [0, 0.05) is 25.2 Å². The average molecular weight is 412 g/mol. The van der Waals surface area contributed by atoms with Gasteiger partial charge in [-0.1, -0.05) is 45.9 Å². The molecule has 0 spiro atoms. The van der Waals surface area contributed by atoms with E-state index in [4.69, 9.17) is 4.74 Å². The molecule has 1 aliphatic heterocycles. The van der Waals surface area contributed by atoms with E-state index in [1.165, 1.54) is 12.1 Å². The Morgan fingerprint density at radius 1 is 1.13 bits per heavy atom. The highest BCUT2D eigenvalue weighted by molar-refractivity contribution is 6.15. The Kier molecular flexibility index (Phi) is 6.61. The molecule has 30 heavy (non-hydrogen) atoms. The summed E-state index contributed by atoms with van der Waals surface area (Å²) in [5.41, 5.74) is 1.98. The third-order valence-corrected chi connectivity index (χ3v) is 5.04. The predicted molar refractivity (Wildman–Crippen MR) is 117 cm³/mol. The van der Waals surface area contributed by atoms with Crippen molar-refractivity contribution in [3.63, 3.8) is 0 Å². The molecule has 1 aliphatic rings. The van der Waals surface area contributed by atoms with E-state index in [1.54, 1.807) is 31.2 Å². The molecule has 0 aromatic heterocycles.